The largest absolute Gasteiger partial charge is 0.462 e. The second-order valence-electron chi connectivity index (χ2n) is 5.99. The lowest BCUT2D eigenvalue weighted by Crippen LogP contribution is -2.23. The van der Waals surface area contributed by atoms with Crippen molar-refractivity contribution in [3.8, 4) is 5.69 Å². The zero-order chi connectivity index (χ0) is 23.0. The van der Waals surface area contributed by atoms with E-state index in [1.54, 1.807) is 0 Å². The predicted molar refractivity (Wildman–Crippen MR) is 94.9 cm³/mol. The summed E-state index contributed by atoms with van der Waals surface area (Å²) in [5.41, 5.74) is -5.23. The van der Waals surface area contributed by atoms with E-state index in [2.05, 4.69) is 4.74 Å². The highest BCUT2D eigenvalue weighted by Crippen LogP contribution is 2.30. The Morgan fingerprint density at radius 1 is 1.03 bits per heavy atom. The number of anilines is 1. The van der Waals surface area contributed by atoms with E-state index in [0.29, 0.717) is 16.8 Å². The van der Waals surface area contributed by atoms with Gasteiger partial charge in [0.2, 0.25) is 11.8 Å². The van der Waals surface area contributed by atoms with Gasteiger partial charge in [-0.05, 0) is 13.0 Å². The SMILES string of the molecule is CCOC(=O)c1cn(-c2cc(NC=O)c(F)cc2F)c2c(F)c(F)c(F)c(F)c2c1=O. The third-order valence-corrected chi connectivity index (χ3v) is 4.22. The number of pyridine rings is 1. The van der Waals surface area contributed by atoms with Gasteiger partial charge in [0.25, 0.3) is 0 Å². The monoisotopic (exact) mass is 444 g/mol. The van der Waals surface area contributed by atoms with Crippen molar-refractivity contribution in [1.82, 2.24) is 4.57 Å². The van der Waals surface area contributed by atoms with Crippen LogP contribution < -0.4 is 10.7 Å². The Balaban J connectivity index is 2.56. The number of esters is 1. The molecule has 6 nitrogen and oxygen atoms in total. The summed E-state index contributed by atoms with van der Waals surface area (Å²) < 4.78 is 90.0. The minimum atomic E-state index is -2.34. The summed E-state index contributed by atoms with van der Waals surface area (Å²) in [5, 5.41) is 0.479. The van der Waals surface area contributed by atoms with Gasteiger partial charge in [0.1, 0.15) is 17.2 Å². The lowest BCUT2D eigenvalue weighted by atomic mass is 10.1. The topological polar surface area (TPSA) is 77.4 Å². The van der Waals surface area contributed by atoms with Crippen LogP contribution in [0.25, 0.3) is 16.6 Å². The molecule has 0 radical (unpaired) electrons. The fourth-order valence-corrected chi connectivity index (χ4v) is 2.88. The van der Waals surface area contributed by atoms with Gasteiger partial charge in [0, 0.05) is 12.3 Å². The van der Waals surface area contributed by atoms with Gasteiger partial charge in [-0.15, -0.1) is 0 Å². The number of rotatable bonds is 5. The molecule has 0 atom stereocenters. The van der Waals surface area contributed by atoms with E-state index in [-0.39, 0.29) is 19.1 Å². The second-order valence-corrected chi connectivity index (χ2v) is 5.99. The Morgan fingerprint density at radius 3 is 2.29 bits per heavy atom. The number of ether oxygens (including phenoxy) is 1. The molecule has 0 aliphatic rings. The van der Waals surface area contributed by atoms with Crippen molar-refractivity contribution in [2.45, 2.75) is 6.92 Å². The van der Waals surface area contributed by atoms with Crippen LogP contribution in [0.4, 0.5) is 32.0 Å². The van der Waals surface area contributed by atoms with E-state index >= 15 is 0 Å². The molecule has 0 bridgehead atoms. The second kappa shape index (κ2) is 8.13. The van der Waals surface area contributed by atoms with E-state index in [0.717, 1.165) is 0 Å². The average molecular weight is 444 g/mol. The normalized spacial score (nSPS) is 10.9. The zero-order valence-electron chi connectivity index (χ0n) is 15.4. The molecule has 162 valence electrons. The van der Waals surface area contributed by atoms with Gasteiger partial charge in [0.05, 0.1) is 28.9 Å². The van der Waals surface area contributed by atoms with E-state index in [1.807, 2.05) is 5.32 Å². The summed E-state index contributed by atoms with van der Waals surface area (Å²) in [4.78, 5) is 35.3. The van der Waals surface area contributed by atoms with Gasteiger partial charge in [0.15, 0.2) is 23.3 Å². The molecule has 3 rings (SSSR count). The number of fused-ring (bicyclic) bond motifs is 1. The number of halogens is 6. The van der Waals surface area contributed by atoms with Crippen LogP contribution in [0.2, 0.25) is 0 Å². The smallest absolute Gasteiger partial charge is 0.343 e. The van der Waals surface area contributed by atoms with E-state index in [4.69, 9.17) is 0 Å². The van der Waals surface area contributed by atoms with Gasteiger partial charge in [-0.1, -0.05) is 0 Å². The Labute approximate surface area is 168 Å². The molecule has 1 amide bonds. The molecule has 0 saturated heterocycles. The van der Waals surface area contributed by atoms with Gasteiger partial charge < -0.3 is 14.6 Å². The number of hydrogen-bond acceptors (Lipinski definition) is 4. The maximum Gasteiger partial charge on any atom is 0.343 e. The minimum Gasteiger partial charge on any atom is -0.462 e. The van der Waals surface area contributed by atoms with Crippen LogP contribution in [-0.4, -0.2) is 23.6 Å². The summed E-state index contributed by atoms with van der Waals surface area (Å²) in [5.74, 6) is -12.9. The van der Waals surface area contributed by atoms with Crippen LogP contribution in [-0.2, 0) is 9.53 Å². The molecule has 0 spiro atoms. The van der Waals surface area contributed by atoms with E-state index in [1.165, 1.54) is 6.92 Å². The summed E-state index contributed by atoms with van der Waals surface area (Å²) in [7, 11) is 0. The van der Waals surface area contributed by atoms with Crippen LogP contribution in [0.15, 0.2) is 23.1 Å². The first-order valence-corrected chi connectivity index (χ1v) is 8.42. The molecule has 0 saturated carbocycles. The first-order chi connectivity index (χ1) is 14.6. The van der Waals surface area contributed by atoms with Crippen LogP contribution in [0, 0.1) is 34.9 Å². The van der Waals surface area contributed by atoms with E-state index < -0.39 is 74.1 Å². The molecule has 0 aliphatic carbocycles. The lowest BCUT2D eigenvalue weighted by Gasteiger charge is -2.16. The fraction of sp³-hybridized carbons (Fsp3) is 0.105. The quantitative estimate of drug-likeness (QED) is 0.215. The van der Waals surface area contributed by atoms with Gasteiger partial charge in [-0.2, -0.15) is 0 Å². The zero-order valence-corrected chi connectivity index (χ0v) is 15.4. The number of benzene rings is 2. The molecule has 1 aromatic heterocycles. The van der Waals surface area contributed by atoms with Gasteiger partial charge >= 0.3 is 5.97 Å². The van der Waals surface area contributed by atoms with Crippen molar-refractivity contribution >= 4 is 29.0 Å². The maximum absolute atomic E-state index is 14.6. The number of carbonyl (C=O) groups excluding carboxylic acids is 2. The van der Waals surface area contributed by atoms with Crippen molar-refractivity contribution in [1.29, 1.82) is 0 Å². The molecule has 1 N–H and O–H groups in total. The molecule has 3 aromatic rings. The van der Waals surface area contributed by atoms with Crippen molar-refractivity contribution in [3.05, 3.63) is 69.0 Å². The first kappa shape index (κ1) is 21.9. The molecule has 0 aliphatic heterocycles. The molecular weight excluding hydrogens is 434 g/mol. The van der Waals surface area contributed by atoms with E-state index in [9.17, 15) is 40.7 Å². The number of aromatic nitrogens is 1. The maximum atomic E-state index is 14.6. The highest BCUT2D eigenvalue weighted by Gasteiger charge is 2.29. The summed E-state index contributed by atoms with van der Waals surface area (Å²) in [6.45, 7) is 1.12. The summed E-state index contributed by atoms with van der Waals surface area (Å²) in [6, 6.07) is 0.861. The number of hydrogen-bond donors (Lipinski definition) is 1. The van der Waals surface area contributed by atoms with Crippen molar-refractivity contribution in [2.75, 3.05) is 11.9 Å². The fourth-order valence-electron chi connectivity index (χ4n) is 2.88. The number of nitrogens with one attached hydrogen (secondary N) is 1. The Bertz CT molecular complexity index is 1310. The highest BCUT2D eigenvalue weighted by molar-refractivity contribution is 5.95. The predicted octanol–water partition coefficient (Wildman–Crippen LogP) is 3.57. The standard InChI is InChI=1S/C19H10F6N2O4/c1-2-31-19(30)7-5-27(11-4-10(26-6-28)8(20)3-9(11)21)17-12(18(7)29)13(22)14(23)15(24)16(17)25/h3-6H,2H2,1H3,(H,26,28). The Hall–Kier alpha value is -3.83. The Morgan fingerprint density at radius 2 is 1.68 bits per heavy atom. The molecule has 0 unspecified atom stereocenters. The third kappa shape index (κ3) is 3.49. The molecule has 12 heteroatoms. The molecular formula is C19H10F6N2O4. The van der Waals surface area contributed by atoms with Gasteiger partial charge in [-0.3, -0.25) is 9.59 Å². The van der Waals surface area contributed by atoms with Crippen molar-refractivity contribution in [3.63, 3.8) is 0 Å². The molecule has 1 heterocycles. The van der Waals surface area contributed by atoms with Crippen LogP contribution >= 0.6 is 0 Å². The number of nitrogens with zero attached hydrogens (tertiary/aromatic N) is 1. The van der Waals surface area contributed by atoms with Crippen LogP contribution in [0.3, 0.4) is 0 Å². The van der Waals surface area contributed by atoms with Crippen molar-refractivity contribution in [2.24, 2.45) is 0 Å². The molecule has 0 fully saturated rings. The third-order valence-electron chi connectivity index (χ3n) is 4.22. The van der Waals surface area contributed by atoms with Crippen molar-refractivity contribution < 1.29 is 40.7 Å². The van der Waals surface area contributed by atoms with Crippen LogP contribution in [0.1, 0.15) is 17.3 Å². The summed E-state index contributed by atoms with van der Waals surface area (Å²) in [6.07, 6.45) is 0.534. The number of carbonyl (C=O) groups is 2. The average Bonchev–Trinajstić information content (AvgIpc) is 2.72. The summed E-state index contributed by atoms with van der Waals surface area (Å²) >= 11 is 0. The Kier molecular flexibility index (Phi) is 5.73. The molecule has 2 aromatic carbocycles. The van der Waals surface area contributed by atoms with Crippen LogP contribution in [0.5, 0.6) is 0 Å². The molecule has 31 heavy (non-hydrogen) atoms. The number of amides is 1. The highest BCUT2D eigenvalue weighted by atomic mass is 19.2. The lowest BCUT2D eigenvalue weighted by molar-refractivity contribution is -0.105. The first-order valence-electron chi connectivity index (χ1n) is 8.42. The van der Waals surface area contributed by atoms with Gasteiger partial charge in [-0.25, -0.2) is 31.1 Å². The minimum absolute atomic E-state index is 0.0307.